The van der Waals surface area contributed by atoms with Gasteiger partial charge in [-0.15, -0.1) is 5.10 Å². The van der Waals surface area contributed by atoms with Crippen LogP contribution in [0.3, 0.4) is 0 Å². The van der Waals surface area contributed by atoms with Crippen molar-refractivity contribution in [2.24, 2.45) is 0 Å². The lowest BCUT2D eigenvalue weighted by atomic mass is 10.3. The molecule has 3 rings (SSSR count). The van der Waals surface area contributed by atoms with Gasteiger partial charge in [-0.05, 0) is 17.1 Å². The van der Waals surface area contributed by atoms with E-state index < -0.39 is 10.8 Å². The molecule has 9 heteroatoms. The molecule has 3 aromatic rings. The van der Waals surface area contributed by atoms with E-state index in [1.165, 1.54) is 4.90 Å². The summed E-state index contributed by atoms with van der Waals surface area (Å²) in [6.45, 7) is 0.279. The van der Waals surface area contributed by atoms with Crippen LogP contribution in [0.1, 0.15) is 16.2 Å². The third kappa shape index (κ3) is 2.51. The van der Waals surface area contributed by atoms with Gasteiger partial charge in [-0.3, -0.25) is 4.79 Å². The number of amides is 1. The number of hydrogen-bond acceptors (Lipinski definition) is 5. The highest BCUT2D eigenvalue weighted by Crippen LogP contribution is 2.12. The van der Waals surface area contributed by atoms with Gasteiger partial charge in [-0.1, -0.05) is 11.2 Å². The smallest absolute Gasteiger partial charge is 0.343 e. The molecule has 0 aliphatic rings. The summed E-state index contributed by atoms with van der Waals surface area (Å²) in [6.07, 6.45) is 3.69. The molecule has 0 fully saturated rings. The van der Waals surface area contributed by atoms with Crippen molar-refractivity contribution < 1.29 is 9.72 Å². The van der Waals surface area contributed by atoms with Gasteiger partial charge in [-0.2, -0.15) is 0 Å². The molecule has 22 heavy (non-hydrogen) atoms. The molecule has 0 aliphatic carbocycles. The summed E-state index contributed by atoms with van der Waals surface area (Å²) < 4.78 is 1.85. The van der Waals surface area contributed by atoms with Gasteiger partial charge < -0.3 is 19.4 Å². The molecule has 1 amide bonds. The summed E-state index contributed by atoms with van der Waals surface area (Å²) in [7, 11) is 1.59. The maximum absolute atomic E-state index is 12.2. The summed E-state index contributed by atoms with van der Waals surface area (Å²) in [5.74, 6) is -0.731. The number of hydrogen-bond donors (Lipinski definition) is 1. The van der Waals surface area contributed by atoms with Gasteiger partial charge in [0.15, 0.2) is 5.69 Å². The first-order valence-corrected chi connectivity index (χ1v) is 6.42. The van der Waals surface area contributed by atoms with Gasteiger partial charge in [0.2, 0.25) is 0 Å². The van der Waals surface area contributed by atoms with Crippen molar-refractivity contribution >= 4 is 17.4 Å². The summed E-state index contributed by atoms with van der Waals surface area (Å²) >= 11 is 0. The molecule has 3 aromatic heterocycles. The second-order valence-electron chi connectivity index (χ2n) is 4.76. The van der Waals surface area contributed by atoms with Crippen LogP contribution in [0.25, 0.3) is 5.65 Å². The predicted octanol–water partition coefficient (Wildman–Crippen LogP) is 1.24. The number of carbonyl (C=O) groups excluding carboxylic acids is 1. The number of nitro groups is 1. The number of H-pyrrole nitrogens is 1. The van der Waals surface area contributed by atoms with Crippen molar-refractivity contribution in [2.75, 3.05) is 7.05 Å². The van der Waals surface area contributed by atoms with Crippen LogP contribution < -0.4 is 0 Å². The van der Waals surface area contributed by atoms with E-state index in [9.17, 15) is 14.9 Å². The molecule has 0 atom stereocenters. The standard InChI is InChI=1S/C13H12N6O3/c1-17(13(20)10-6-12(16-15-10)19(21)22)7-9-8-18-5-3-2-4-11(18)14-9/h2-6,8H,7H2,1H3,(H,15,16). The number of fused-ring (bicyclic) bond motifs is 1. The quantitative estimate of drug-likeness (QED) is 0.575. The molecule has 0 bridgehead atoms. The molecule has 9 nitrogen and oxygen atoms in total. The summed E-state index contributed by atoms with van der Waals surface area (Å²) in [6, 6.07) is 6.74. The number of nitrogens with zero attached hydrogens (tertiary/aromatic N) is 5. The molecule has 112 valence electrons. The molecule has 3 heterocycles. The average Bonchev–Trinajstić information content (AvgIpc) is 3.12. The molecule has 0 unspecified atom stereocenters. The van der Waals surface area contributed by atoms with Crippen LogP contribution in [-0.4, -0.2) is 42.4 Å². The third-order valence-electron chi connectivity index (χ3n) is 3.14. The van der Waals surface area contributed by atoms with Crippen molar-refractivity contribution in [3.63, 3.8) is 0 Å². The summed E-state index contributed by atoms with van der Waals surface area (Å²) in [5, 5.41) is 16.5. The number of pyridine rings is 1. The summed E-state index contributed by atoms with van der Waals surface area (Å²) in [5.41, 5.74) is 1.50. The second kappa shape index (κ2) is 5.28. The van der Waals surface area contributed by atoms with Crippen molar-refractivity contribution in [3.8, 4) is 0 Å². The Bertz CT molecular complexity index is 819. The van der Waals surface area contributed by atoms with E-state index in [1.807, 2.05) is 35.0 Å². The van der Waals surface area contributed by atoms with Gasteiger partial charge in [0.1, 0.15) is 5.65 Å². The third-order valence-corrected chi connectivity index (χ3v) is 3.14. The van der Waals surface area contributed by atoms with E-state index in [0.29, 0.717) is 5.69 Å². The first kappa shape index (κ1) is 13.7. The fourth-order valence-corrected chi connectivity index (χ4v) is 2.09. The van der Waals surface area contributed by atoms with Crippen LogP contribution in [0, 0.1) is 10.1 Å². The van der Waals surface area contributed by atoms with Crippen molar-refractivity contribution in [1.29, 1.82) is 0 Å². The van der Waals surface area contributed by atoms with Gasteiger partial charge in [0.05, 0.1) is 18.3 Å². The molecule has 0 radical (unpaired) electrons. The minimum atomic E-state index is -0.633. The molecular formula is C13H12N6O3. The highest BCUT2D eigenvalue weighted by atomic mass is 16.6. The lowest BCUT2D eigenvalue weighted by Gasteiger charge is -2.13. The Kier molecular flexibility index (Phi) is 3.30. The number of imidazole rings is 1. The Morgan fingerprint density at radius 1 is 1.50 bits per heavy atom. The molecule has 0 saturated heterocycles. The van der Waals surface area contributed by atoms with Crippen LogP contribution in [0.4, 0.5) is 5.82 Å². The zero-order chi connectivity index (χ0) is 15.7. The molecule has 0 aromatic carbocycles. The Balaban J connectivity index is 1.76. The molecule has 0 saturated carbocycles. The van der Waals surface area contributed by atoms with Gasteiger partial charge >= 0.3 is 5.82 Å². The average molecular weight is 300 g/mol. The van der Waals surface area contributed by atoms with Crippen LogP contribution in [0.5, 0.6) is 0 Å². The van der Waals surface area contributed by atoms with E-state index in [-0.39, 0.29) is 18.1 Å². The highest BCUT2D eigenvalue weighted by molar-refractivity contribution is 5.92. The number of nitrogens with one attached hydrogen (secondary N) is 1. The normalized spacial score (nSPS) is 10.8. The van der Waals surface area contributed by atoms with E-state index in [1.54, 1.807) is 7.05 Å². The van der Waals surface area contributed by atoms with E-state index >= 15 is 0 Å². The van der Waals surface area contributed by atoms with Crippen molar-refractivity contribution in [3.05, 3.63) is 58.2 Å². The number of carbonyl (C=O) groups is 1. The van der Waals surface area contributed by atoms with Crippen LogP contribution >= 0.6 is 0 Å². The molecular weight excluding hydrogens is 288 g/mol. The van der Waals surface area contributed by atoms with Gasteiger partial charge in [0.25, 0.3) is 5.91 Å². The SMILES string of the molecule is CN(Cc1cn2ccccc2n1)C(=O)c1cc([N+](=O)[O-])[nH]n1. The fourth-order valence-electron chi connectivity index (χ4n) is 2.09. The van der Waals surface area contributed by atoms with Crippen LogP contribution in [-0.2, 0) is 6.54 Å². The Hall–Kier alpha value is -3.23. The lowest BCUT2D eigenvalue weighted by Crippen LogP contribution is -2.26. The van der Waals surface area contributed by atoms with Crippen molar-refractivity contribution in [1.82, 2.24) is 24.5 Å². The Labute approximate surface area is 124 Å². The number of aromatic nitrogens is 4. The van der Waals surface area contributed by atoms with Gasteiger partial charge in [0, 0.05) is 19.4 Å². The van der Waals surface area contributed by atoms with E-state index in [4.69, 9.17) is 0 Å². The first-order valence-electron chi connectivity index (χ1n) is 6.42. The van der Waals surface area contributed by atoms with E-state index in [0.717, 1.165) is 11.7 Å². The van der Waals surface area contributed by atoms with Gasteiger partial charge in [-0.25, -0.2) is 4.98 Å². The lowest BCUT2D eigenvalue weighted by molar-refractivity contribution is -0.389. The zero-order valence-electron chi connectivity index (χ0n) is 11.6. The Morgan fingerprint density at radius 3 is 3.00 bits per heavy atom. The fraction of sp³-hybridized carbons (Fsp3) is 0.154. The largest absolute Gasteiger partial charge is 0.358 e. The minimum absolute atomic E-state index is 0.00189. The second-order valence-corrected chi connectivity index (χ2v) is 4.76. The highest BCUT2D eigenvalue weighted by Gasteiger charge is 2.20. The molecule has 0 aliphatic heterocycles. The maximum Gasteiger partial charge on any atom is 0.343 e. The zero-order valence-corrected chi connectivity index (χ0v) is 11.6. The Morgan fingerprint density at radius 2 is 2.32 bits per heavy atom. The van der Waals surface area contributed by atoms with Crippen molar-refractivity contribution in [2.45, 2.75) is 6.54 Å². The summed E-state index contributed by atoms with van der Waals surface area (Å²) in [4.78, 5) is 27.9. The number of aromatic amines is 1. The van der Waals surface area contributed by atoms with Crippen LogP contribution in [0.15, 0.2) is 36.7 Å². The predicted molar refractivity (Wildman–Crippen MR) is 76.2 cm³/mol. The maximum atomic E-state index is 12.2. The van der Waals surface area contributed by atoms with Crippen LogP contribution in [0.2, 0.25) is 0 Å². The number of rotatable bonds is 4. The van der Waals surface area contributed by atoms with E-state index in [2.05, 4.69) is 15.2 Å². The monoisotopic (exact) mass is 300 g/mol. The topological polar surface area (TPSA) is 109 Å². The minimum Gasteiger partial charge on any atom is -0.358 e. The first-order chi connectivity index (χ1) is 10.5. The molecule has 0 spiro atoms. The molecule has 1 N–H and O–H groups in total.